The highest BCUT2D eigenvalue weighted by atomic mass is 32.2. The van der Waals surface area contributed by atoms with Crippen LogP contribution in [0.25, 0.3) is 10.9 Å². The highest BCUT2D eigenvalue weighted by Gasteiger charge is 2.10. The first-order valence-corrected chi connectivity index (χ1v) is 8.16. The molecule has 1 aromatic heterocycles. The molecule has 1 heterocycles. The Morgan fingerprint density at radius 1 is 1.26 bits per heavy atom. The summed E-state index contributed by atoms with van der Waals surface area (Å²) in [7, 11) is -1.33. The van der Waals surface area contributed by atoms with Crippen molar-refractivity contribution in [3.8, 4) is 0 Å². The lowest BCUT2D eigenvalue weighted by molar-refractivity contribution is 0.602. The quantitative estimate of drug-likeness (QED) is 0.934. The van der Waals surface area contributed by atoms with Crippen molar-refractivity contribution in [2.24, 2.45) is 0 Å². The van der Waals surface area contributed by atoms with Crippen LogP contribution in [0, 0.1) is 0 Å². The van der Waals surface area contributed by atoms with Crippen molar-refractivity contribution >= 4 is 26.6 Å². The lowest BCUT2D eigenvalue weighted by Crippen LogP contribution is -2.01. The predicted octanol–water partition coefficient (Wildman–Crippen LogP) is 2.63. The molecule has 0 unspecified atom stereocenters. The number of nitrogens with one attached hydrogen (secondary N) is 1. The Labute approximate surface area is 113 Å². The van der Waals surface area contributed by atoms with Crippen LogP contribution in [0.5, 0.6) is 0 Å². The molecule has 0 bridgehead atoms. The van der Waals surface area contributed by atoms with Gasteiger partial charge in [-0.1, -0.05) is 13.3 Å². The van der Waals surface area contributed by atoms with E-state index in [1.165, 1.54) is 6.26 Å². The summed E-state index contributed by atoms with van der Waals surface area (Å²) in [6.45, 7) is 2.11. The summed E-state index contributed by atoms with van der Waals surface area (Å²) < 4.78 is 23.2. The number of aromatic nitrogens is 1. The lowest BCUT2D eigenvalue weighted by Gasteiger charge is -2.10. The number of hydrogen-bond donors (Lipinski definition) is 1. The van der Waals surface area contributed by atoms with Crippen LogP contribution in [0.1, 0.15) is 18.9 Å². The van der Waals surface area contributed by atoms with Crippen molar-refractivity contribution < 1.29 is 8.42 Å². The maximum Gasteiger partial charge on any atom is 0.175 e. The summed E-state index contributed by atoms with van der Waals surface area (Å²) in [6, 6.07) is 7.06. The van der Waals surface area contributed by atoms with Crippen molar-refractivity contribution in [3.05, 3.63) is 29.8 Å². The van der Waals surface area contributed by atoms with Gasteiger partial charge < -0.3 is 5.32 Å². The van der Waals surface area contributed by atoms with Crippen molar-refractivity contribution in [3.63, 3.8) is 0 Å². The molecule has 5 heteroatoms. The van der Waals surface area contributed by atoms with Crippen LogP contribution in [-0.4, -0.2) is 26.7 Å². The Morgan fingerprint density at radius 2 is 2.00 bits per heavy atom. The average Bonchev–Trinajstić information content (AvgIpc) is 2.36. The molecule has 0 amide bonds. The van der Waals surface area contributed by atoms with Gasteiger partial charge in [0.1, 0.15) is 5.82 Å². The van der Waals surface area contributed by atoms with Gasteiger partial charge in [0.25, 0.3) is 0 Å². The van der Waals surface area contributed by atoms with Crippen LogP contribution in [0.2, 0.25) is 0 Å². The normalized spacial score (nSPS) is 11.7. The smallest absolute Gasteiger partial charge is 0.175 e. The largest absolute Gasteiger partial charge is 0.373 e. The Kier molecular flexibility index (Phi) is 3.75. The van der Waals surface area contributed by atoms with Gasteiger partial charge in [-0.05, 0) is 36.2 Å². The number of aryl methyl sites for hydroxylation is 1. The summed E-state index contributed by atoms with van der Waals surface area (Å²) in [5.41, 5.74) is 1.92. The molecular weight excluding hydrogens is 260 g/mol. The zero-order valence-electron chi connectivity index (χ0n) is 11.4. The number of hydrogen-bond acceptors (Lipinski definition) is 4. The zero-order chi connectivity index (χ0) is 14.0. The van der Waals surface area contributed by atoms with Crippen LogP contribution in [0.3, 0.4) is 0 Å². The molecular formula is C14H18N2O2S. The summed E-state index contributed by atoms with van der Waals surface area (Å²) in [6.07, 6.45) is 3.16. The van der Waals surface area contributed by atoms with E-state index in [4.69, 9.17) is 0 Å². The lowest BCUT2D eigenvalue weighted by atomic mass is 10.1. The van der Waals surface area contributed by atoms with Gasteiger partial charge in [-0.25, -0.2) is 13.4 Å². The molecule has 19 heavy (non-hydrogen) atoms. The van der Waals surface area contributed by atoms with E-state index in [2.05, 4.69) is 17.2 Å². The molecule has 0 aliphatic rings. The Hall–Kier alpha value is -1.62. The molecule has 102 valence electrons. The Balaban J connectivity index is 2.65. The summed E-state index contributed by atoms with van der Waals surface area (Å²) in [5, 5.41) is 3.95. The van der Waals surface area contributed by atoms with E-state index in [0.29, 0.717) is 4.90 Å². The van der Waals surface area contributed by atoms with Gasteiger partial charge in [-0.15, -0.1) is 0 Å². The fourth-order valence-electron chi connectivity index (χ4n) is 2.11. The standard InChI is InChI=1S/C14H18N2O2S/c1-4-5-10-8-11-9-12(19(3,17)18)6-7-13(11)16-14(10)15-2/h6-9H,4-5H2,1-3H3,(H,15,16). The van der Waals surface area contributed by atoms with Gasteiger partial charge in [0.05, 0.1) is 10.4 Å². The summed E-state index contributed by atoms with van der Waals surface area (Å²) in [4.78, 5) is 4.86. The van der Waals surface area contributed by atoms with Gasteiger partial charge >= 0.3 is 0 Å². The fraction of sp³-hybridized carbons (Fsp3) is 0.357. The zero-order valence-corrected chi connectivity index (χ0v) is 12.2. The SMILES string of the molecule is CCCc1cc2cc(S(C)(=O)=O)ccc2nc1NC. The van der Waals surface area contributed by atoms with Crippen LogP contribution < -0.4 is 5.32 Å². The third-order valence-electron chi connectivity index (χ3n) is 3.05. The fourth-order valence-corrected chi connectivity index (χ4v) is 2.76. The average molecular weight is 278 g/mol. The minimum absolute atomic E-state index is 0.335. The molecule has 0 radical (unpaired) electrons. The molecule has 0 saturated carbocycles. The van der Waals surface area contributed by atoms with Gasteiger partial charge in [0, 0.05) is 18.7 Å². The number of fused-ring (bicyclic) bond motifs is 1. The number of anilines is 1. The molecule has 0 aliphatic carbocycles. The summed E-state index contributed by atoms with van der Waals surface area (Å²) in [5.74, 6) is 0.862. The van der Waals surface area contributed by atoms with Gasteiger partial charge in [0.15, 0.2) is 9.84 Å². The number of benzene rings is 1. The highest BCUT2D eigenvalue weighted by molar-refractivity contribution is 7.90. The number of nitrogens with zero attached hydrogens (tertiary/aromatic N) is 1. The van der Waals surface area contributed by atoms with Crippen LogP contribution in [0.15, 0.2) is 29.2 Å². The van der Waals surface area contributed by atoms with Crippen LogP contribution in [-0.2, 0) is 16.3 Å². The van der Waals surface area contributed by atoms with Crippen molar-refractivity contribution in [1.29, 1.82) is 0 Å². The maximum absolute atomic E-state index is 11.6. The second kappa shape index (κ2) is 5.17. The predicted molar refractivity (Wildman–Crippen MR) is 78.4 cm³/mol. The molecule has 0 fully saturated rings. The second-order valence-corrected chi connectivity index (χ2v) is 6.64. The molecule has 2 rings (SSSR count). The highest BCUT2D eigenvalue weighted by Crippen LogP contribution is 2.24. The monoisotopic (exact) mass is 278 g/mol. The number of pyridine rings is 1. The van der Waals surface area contributed by atoms with Crippen LogP contribution >= 0.6 is 0 Å². The molecule has 0 saturated heterocycles. The van der Waals surface area contributed by atoms with Crippen molar-refractivity contribution in [2.75, 3.05) is 18.6 Å². The van der Waals surface area contributed by atoms with E-state index < -0.39 is 9.84 Å². The van der Waals surface area contributed by atoms with Gasteiger partial charge in [0.2, 0.25) is 0 Å². The molecule has 2 aromatic rings. The van der Waals surface area contributed by atoms with E-state index in [1.54, 1.807) is 18.2 Å². The number of rotatable bonds is 4. The first-order valence-electron chi connectivity index (χ1n) is 6.27. The summed E-state index contributed by atoms with van der Waals surface area (Å²) >= 11 is 0. The number of sulfone groups is 1. The topological polar surface area (TPSA) is 59.1 Å². The van der Waals surface area contributed by atoms with Gasteiger partial charge in [-0.2, -0.15) is 0 Å². The van der Waals surface area contributed by atoms with Crippen molar-refractivity contribution in [2.45, 2.75) is 24.7 Å². The molecule has 0 atom stereocenters. The van der Waals surface area contributed by atoms with E-state index in [9.17, 15) is 8.42 Å². The molecule has 1 N–H and O–H groups in total. The third-order valence-corrected chi connectivity index (χ3v) is 4.16. The van der Waals surface area contributed by atoms with E-state index in [1.807, 2.05) is 13.1 Å². The Morgan fingerprint density at radius 3 is 2.58 bits per heavy atom. The molecule has 4 nitrogen and oxygen atoms in total. The van der Waals surface area contributed by atoms with E-state index in [0.717, 1.165) is 35.1 Å². The van der Waals surface area contributed by atoms with Gasteiger partial charge in [-0.3, -0.25) is 0 Å². The maximum atomic E-state index is 11.6. The Bertz CT molecular complexity index is 709. The first-order chi connectivity index (χ1) is 8.95. The minimum Gasteiger partial charge on any atom is -0.373 e. The van der Waals surface area contributed by atoms with E-state index >= 15 is 0 Å². The van der Waals surface area contributed by atoms with Crippen LogP contribution in [0.4, 0.5) is 5.82 Å². The second-order valence-electron chi connectivity index (χ2n) is 4.62. The molecule has 1 aromatic carbocycles. The molecule has 0 spiro atoms. The molecule has 0 aliphatic heterocycles. The van der Waals surface area contributed by atoms with Crippen molar-refractivity contribution in [1.82, 2.24) is 4.98 Å². The third kappa shape index (κ3) is 2.87. The van der Waals surface area contributed by atoms with E-state index in [-0.39, 0.29) is 0 Å². The first kappa shape index (κ1) is 13.8. The minimum atomic E-state index is -3.18.